The molecule has 2 aromatic carbocycles. The van der Waals surface area contributed by atoms with Gasteiger partial charge in [0, 0.05) is 16.6 Å². The van der Waals surface area contributed by atoms with Gasteiger partial charge in [-0.05, 0) is 49.2 Å². The van der Waals surface area contributed by atoms with Crippen LogP contribution in [-0.4, -0.2) is 33.2 Å². The van der Waals surface area contributed by atoms with E-state index in [1.807, 2.05) is 12.1 Å². The molecule has 0 saturated carbocycles. The van der Waals surface area contributed by atoms with Crippen molar-refractivity contribution in [2.75, 3.05) is 17.1 Å². The summed E-state index contributed by atoms with van der Waals surface area (Å²) in [4.78, 5) is 12.5. The lowest BCUT2D eigenvalue weighted by Crippen LogP contribution is -2.48. The fourth-order valence-electron chi connectivity index (χ4n) is 2.55. The van der Waals surface area contributed by atoms with E-state index in [4.69, 9.17) is 23.2 Å². The maximum Gasteiger partial charge on any atom is 0.243 e. The minimum Gasteiger partial charge on any atom is -0.354 e. The number of nitrogens with one attached hydrogen (secondary N) is 1. The highest BCUT2D eigenvalue weighted by molar-refractivity contribution is 7.92. The zero-order valence-corrected chi connectivity index (χ0v) is 16.8. The predicted octanol–water partition coefficient (Wildman–Crippen LogP) is 3.51. The second-order valence-electron chi connectivity index (χ2n) is 5.88. The van der Waals surface area contributed by atoms with Crippen LogP contribution in [0.4, 0.5) is 5.69 Å². The minimum absolute atomic E-state index is 0.348. The number of hydrogen-bond donors (Lipinski definition) is 1. The van der Waals surface area contributed by atoms with Crippen molar-refractivity contribution in [1.82, 2.24) is 5.32 Å². The van der Waals surface area contributed by atoms with Gasteiger partial charge >= 0.3 is 0 Å². The maximum atomic E-state index is 12.5. The topological polar surface area (TPSA) is 66.5 Å². The summed E-state index contributed by atoms with van der Waals surface area (Å²) in [5, 5.41) is 3.82. The Labute approximate surface area is 164 Å². The Morgan fingerprint density at radius 2 is 1.77 bits per heavy atom. The molecule has 1 N–H and O–H groups in total. The van der Waals surface area contributed by atoms with Crippen LogP contribution in [0.15, 0.2) is 48.5 Å². The Hall–Kier alpha value is -1.76. The van der Waals surface area contributed by atoms with Crippen LogP contribution >= 0.6 is 23.2 Å². The van der Waals surface area contributed by atoms with Crippen molar-refractivity contribution >= 4 is 44.8 Å². The Kier molecular flexibility index (Phi) is 6.92. The number of rotatable bonds is 7. The first-order chi connectivity index (χ1) is 12.2. The molecule has 0 saturated heterocycles. The molecule has 5 nitrogen and oxygen atoms in total. The molecular formula is C18H20Cl2N2O3S. The Morgan fingerprint density at radius 1 is 1.12 bits per heavy atom. The third-order valence-electron chi connectivity index (χ3n) is 3.78. The van der Waals surface area contributed by atoms with E-state index in [0.29, 0.717) is 28.7 Å². The van der Waals surface area contributed by atoms with Gasteiger partial charge in [0.25, 0.3) is 0 Å². The first-order valence-corrected chi connectivity index (χ1v) is 10.6. The molecule has 2 aromatic rings. The van der Waals surface area contributed by atoms with Gasteiger partial charge < -0.3 is 5.32 Å². The number of anilines is 1. The van der Waals surface area contributed by atoms with Crippen molar-refractivity contribution in [3.8, 4) is 0 Å². The van der Waals surface area contributed by atoms with E-state index < -0.39 is 16.1 Å². The quantitative estimate of drug-likeness (QED) is 0.753. The number of hydrogen-bond acceptors (Lipinski definition) is 3. The lowest BCUT2D eigenvalue weighted by Gasteiger charge is -2.28. The summed E-state index contributed by atoms with van der Waals surface area (Å²) < 4.78 is 25.5. The molecule has 0 aliphatic rings. The van der Waals surface area contributed by atoms with Gasteiger partial charge in [-0.1, -0.05) is 41.4 Å². The molecule has 0 aliphatic heterocycles. The van der Waals surface area contributed by atoms with Crippen LogP contribution in [0.25, 0.3) is 0 Å². The number of nitrogens with zero attached hydrogens (tertiary/aromatic N) is 1. The summed E-state index contributed by atoms with van der Waals surface area (Å²) in [7, 11) is -3.66. The highest BCUT2D eigenvalue weighted by atomic mass is 35.5. The monoisotopic (exact) mass is 414 g/mol. The van der Waals surface area contributed by atoms with Crippen LogP contribution in [-0.2, 0) is 21.2 Å². The zero-order valence-electron chi connectivity index (χ0n) is 14.4. The fraction of sp³-hybridized carbons (Fsp3) is 0.278. The van der Waals surface area contributed by atoms with Crippen LogP contribution in [0.5, 0.6) is 0 Å². The van der Waals surface area contributed by atoms with Crippen LogP contribution < -0.4 is 9.62 Å². The molecule has 0 heterocycles. The fourth-order valence-corrected chi connectivity index (χ4v) is 4.03. The van der Waals surface area contributed by atoms with Gasteiger partial charge in [0.1, 0.15) is 6.04 Å². The SMILES string of the molecule is C[C@H](C(=O)NCCc1ccc(Cl)cc1)N(c1cccc(Cl)c1)S(C)(=O)=O. The van der Waals surface area contributed by atoms with Crippen molar-refractivity contribution in [1.29, 1.82) is 0 Å². The van der Waals surface area contributed by atoms with E-state index >= 15 is 0 Å². The molecule has 0 bridgehead atoms. The number of sulfonamides is 1. The third kappa shape index (κ3) is 5.62. The second-order valence-corrected chi connectivity index (χ2v) is 8.61. The average molecular weight is 415 g/mol. The van der Waals surface area contributed by atoms with Gasteiger partial charge in [0.15, 0.2) is 0 Å². The molecular weight excluding hydrogens is 395 g/mol. The van der Waals surface area contributed by atoms with Gasteiger partial charge in [0.2, 0.25) is 15.9 Å². The molecule has 1 atom stereocenters. The average Bonchev–Trinajstić information content (AvgIpc) is 2.55. The smallest absolute Gasteiger partial charge is 0.243 e. The lowest BCUT2D eigenvalue weighted by molar-refractivity contribution is -0.121. The van der Waals surface area contributed by atoms with Crippen LogP contribution in [0, 0.1) is 0 Å². The highest BCUT2D eigenvalue weighted by Gasteiger charge is 2.29. The van der Waals surface area contributed by atoms with Gasteiger partial charge in [-0.15, -0.1) is 0 Å². The van der Waals surface area contributed by atoms with Gasteiger partial charge in [-0.25, -0.2) is 8.42 Å². The molecule has 0 spiro atoms. The zero-order chi connectivity index (χ0) is 19.3. The number of benzene rings is 2. The van der Waals surface area contributed by atoms with E-state index in [9.17, 15) is 13.2 Å². The molecule has 0 aliphatic carbocycles. The molecule has 140 valence electrons. The Balaban J connectivity index is 2.06. The van der Waals surface area contributed by atoms with Crippen molar-refractivity contribution < 1.29 is 13.2 Å². The van der Waals surface area contributed by atoms with Gasteiger partial charge in [0.05, 0.1) is 11.9 Å². The minimum atomic E-state index is -3.66. The Bertz CT molecular complexity index is 870. The normalized spacial score (nSPS) is 12.5. The summed E-state index contributed by atoms with van der Waals surface area (Å²) in [6, 6.07) is 12.8. The molecule has 0 radical (unpaired) electrons. The van der Waals surface area contributed by atoms with Crippen LogP contribution in [0.3, 0.4) is 0 Å². The van der Waals surface area contributed by atoms with Crippen molar-refractivity contribution in [3.05, 3.63) is 64.1 Å². The standard InChI is InChI=1S/C18H20Cl2N2O3S/c1-13(18(23)21-11-10-14-6-8-15(19)9-7-14)22(26(2,24)25)17-5-3-4-16(20)12-17/h3-9,12-13H,10-11H2,1-2H3,(H,21,23)/t13-/m1/s1. The molecule has 2 rings (SSSR count). The molecule has 0 aromatic heterocycles. The second kappa shape index (κ2) is 8.75. The summed E-state index contributed by atoms with van der Waals surface area (Å²) in [5.74, 6) is -0.385. The van der Waals surface area contributed by atoms with E-state index in [0.717, 1.165) is 16.1 Å². The van der Waals surface area contributed by atoms with E-state index in [1.54, 1.807) is 37.3 Å². The third-order valence-corrected chi connectivity index (χ3v) is 5.51. The van der Waals surface area contributed by atoms with Crippen molar-refractivity contribution in [2.24, 2.45) is 0 Å². The van der Waals surface area contributed by atoms with Gasteiger partial charge in [-0.2, -0.15) is 0 Å². The summed E-state index contributed by atoms with van der Waals surface area (Å²) >= 11 is 11.8. The number of carbonyl (C=O) groups is 1. The summed E-state index contributed by atoms with van der Waals surface area (Å²) in [6.45, 7) is 1.93. The number of amides is 1. The van der Waals surface area contributed by atoms with E-state index in [2.05, 4.69) is 5.32 Å². The largest absolute Gasteiger partial charge is 0.354 e. The first kappa shape index (κ1) is 20.6. The van der Waals surface area contributed by atoms with E-state index in [1.165, 1.54) is 6.07 Å². The maximum absolute atomic E-state index is 12.5. The molecule has 26 heavy (non-hydrogen) atoms. The molecule has 8 heteroatoms. The molecule has 1 amide bonds. The number of carbonyl (C=O) groups excluding carboxylic acids is 1. The van der Waals surface area contributed by atoms with Gasteiger partial charge in [-0.3, -0.25) is 9.10 Å². The summed E-state index contributed by atoms with van der Waals surface area (Å²) in [6.07, 6.45) is 1.68. The van der Waals surface area contributed by atoms with E-state index in [-0.39, 0.29) is 5.91 Å². The van der Waals surface area contributed by atoms with Crippen molar-refractivity contribution in [3.63, 3.8) is 0 Å². The number of halogens is 2. The summed E-state index contributed by atoms with van der Waals surface area (Å²) in [5.41, 5.74) is 1.37. The predicted molar refractivity (Wildman–Crippen MR) is 106 cm³/mol. The molecule has 0 fully saturated rings. The first-order valence-electron chi connectivity index (χ1n) is 7.95. The molecule has 0 unspecified atom stereocenters. The lowest BCUT2D eigenvalue weighted by atomic mass is 10.1. The highest BCUT2D eigenvalue weighted by Crippen LogP contribution is 2.24. The van der Waals surface area contributed by atoms with Crippen LogP contribution in [0.1, 0.15) is 12.5 Å². The Morgan fingerprint density at radius 3 is 2.35 bits per heavy atom. The van der Waals surface area contributed by atoms with Crippen LogP contribution in [0.2, 0.25) is 10.0 Å². The van der Waals surface area contributed by atoms with Crippen molar-refractivity contribution in [2.45, 2.75) is 19.4 Å².